The highest BCUT2D eigenvalue weighted by Crippen LogP contribution is 2.20. The summed E-state index contributed by atoms with van der Waals surface area (Å²) in [7, 11) is 1.89. The number of aromatic nitrogens is 1. The standard InChI is InChI=1S/C14H16FN3/c1-10-7-12(16)8-17-14(10)18(2)9-11-5-3-4-6-13(11)15/h3-8H,9,16H2,1-2H3. The first kappa shape index (κ1) is 12.4. The Labute approximate surface area is 106 Å². The van der Waals surface area contributed by atoms with Gasteiger partial charge in [0.1, 0.15) is 11.6 Å². The van der Waals surface area contributed by atoms with E-state index in [0.717, 1.165) is 11.4 Å². The van der Waals surface area contributed by atoms with Gasteiger partial charge in [-0.05, 0) is 24.6 Å². The van der Waals surface area contributed by atoms with Gasteiger partial charge in [0.15, 0.2) is 0 Å². The average molecular weight is 245 g/mol. The van der Waals surface area contributed by atoms with Gasteiger partial charge in [0.2, 0.25) is 0 Å². The predicted octanol–water partition coefficient (Wildman–Crippen LogP) is 2.75. The molecule has 2 rings (SSSR count). The van der Waals surface area contributed by atoms with Crippen LogP contribution in [0.15, 0.2) is 36.5 Å². The Kier molecular flexibility index (Phi) is 3.46. The van der Waals surface area contributed by atoms with Crippen molar-refractivity contribution in [2.45, 2.75) is 13.5 Å². The van der Waals surface area contributed by atoms with Crippen molar-refractivity contribution in [3.8, 4) is 0 Å². The summed E-state index contributed by atoms with van der Waals surface area (Å²) >= 11 is 0. The van der Waals surface area contributed by atoms with E-state index in [1.165, 1.54) is 6.07 Å². The molecule has 0 amide bonds. The topological polar surface area (TPSA) is 42.1 Å². The molecule has 0 aliphatic heterocycles. The number of anilines is 2. The van der Waals surface area contributed by atoms with Crippen molar-refractivity contribution < 1.29 is 4.39 Å². The van der Waals surface area contributed by atoms with Gasteiger partial charge in [-0.3, -0.25) is 0 Å². The third-order valence-corrected chi connectivity index (χ3v) is 2.80. The number of hydrogen-bond acceptors (Lipinski definition) is 3. The molecule has 0 radical (unpaired) electrons. The Morgan fingerprint density at radius 1 is 1.33 bits per heavy atom. The minimum Gasteiger partial charge on any atom is -0.397 e. The van der Waals surface area contributed by atoms with Crippen LogP contribution < -0.4 is 10.6 Å². The summed E-state index contributed by atoms with van der Waals surface area (Å²) < 4.78 is 13.6. The van der Waals surface area contributed by atoms with Gasteiger partial charge in [-0.1, -0.05) is 18.2 Å². The molecule has 18 heavy (non-hydrogen) atoms. The van der Waals surface area contributed by atoms with E-state index in [9.17, 15) is 4.39 Å². The minimum absolute atomic E-state index is 0.197. The summed E-state index contributed by atoms with van der Waals surface area (Å²) in [4.78, 5) is 6.19. The van der Waals surface area contributed by atoms with Crippen molar-refractivity contribution in [3.05, 3.63) is 53.5 Å². The van der Waals surface area contributed by atoms with Crippen molar-refractivity contribution in [1.82, 2.24) is 4.98 Å². The fourth-order valence-electron chi connectivity index (χ4n) is 1.95. The fourth-order valence-corrected chi connectivity index (χ4v) is 1.95. The molecule has 0 saturated carbocycles. The zero-order valence-electron chi connectivity index (χ0n) is 10.5. The summed E-state index contributed by atoms with van der Waals surface area (Å²) in [6.07, 6.45) is 1.61. The van der Waals surface area contributed by atoms with Gasteiger partial charge in [0.05, 0.1) is 11.9 Å². The molecule has 1 aromatic heterocycles. The lowest BCUT2D eigenvalue weighted by Crippen LogP contribution is -2.19. The molecule has 0 spiro atoms. The SMILES string of the molecule is Cc1cc(N)cnc1N(C)Cc1ccccc1F. The normalized spacial score (nSPS) is 10.4. The van der Waals surface area contributed by atoms with Crippen LogP contribution in [0.2, 0.25) is 0 Å². The molecule has 2 N–H and O–H groups in total. The zero-order valence-corrected chi connectivity index (χ0v) is 10.5. The van der Waals surface area contributed by atoms with Gasteiger partial charge < -0.3 is 10.6 Å². The lowest BCUT2D eigenvalue weighted by atomic mass is 10.2. The predicted molar refractivity (Wildman–Crippen MR) is 71.9 cm³/mol. The maximum absolute atomic E-state index is 13.6. The van der Waals surface area contributed by atoms with Crippen molar-refractivity contribution in [2.24, 2.45) is 0 Å². The quantitative estimate of drug-likeness (QED) is 0.904. The number of halogens is 1. The molecule has 0 aliphatic rings. The largest absolute Gasteiger partial charge is 0.397 e. The summed E-state index contributed by atoms with van der Waals surface area (Å²) in [5.74, 6) is 0.616. The van der Waals surface area contributed by atoms with E-state index >= 15 is 0 Å². The number of nitrogen functional groups attached to an aromatic ring is 1. The summed E-state index contributed by atoms with van der Waals surface area (Å²) in [6, 6.07) is 8.62. The molecule has 1 heterocycles. The van der Waals surface area contributed by atoms with Crippen molar-refractivity contribution >= 4 is 11.5 Å². The van der Waals surface area contributed by atoms with Gasteiger partial charge in [-0.15, -0.1) is 0 Å². The lowest BCUT2D eigenvalue weighted by Gasteiger charge is -2.20. The van der Waals surface area contributed by atoms with Crippen molar-refractivity contribution in [3.63, 3.8) is 0 Å². The highest BCUT2D eigenvalue weighted by molar-refractivity contribution is 5.52. The highest BCUT2D eigenvalue weighted by Gasteiger charge is 2.09. The Balaban J connectivity index is 2.22. The van der Waals surface area contributed by atoms with Crippen LogP contribution >= 0.6 is 0 Å². The Hall–Kier alpha value is -2.10. The monoisotopic (exact) mass is 245 g/mol. The van der Waals surface area contributed by atoms with Gasteiger partial charge in [-0.2, -0.15) is 0 Å². The van der Waals surface area contributed by atoms with E-state index < -0.39 is 0 Å². The van der Waals surface area contributed by atoms with Crippen LogP contribution in [0.1, 0.15) is 11.1 Å². The number of rotatable bonds is 3. The van der Waals surface area contributed by atoms with E-state index in [1.807, 2.05) is 31.0 Å². The van der Waals surface area contributed by atoms with Crippen LogP contribution in [0.4, 0.5) is 15.9 Å². The van der Waals surface area contributed by atoms with E-state index in [2.05, 4.69) is 4.98 Å². The van der Waals surface area contributed by atoms with Crippen molar-refractivity contribution in [2.75, 3.05) is 17.7 Å². The molecule has 94 valence electrons. The van der Waals surface area contributed by atoms with Crippen LogP contribution in [-0.4, -0.2) is 12.0 Å². The van der Waals surface area contributed by atoms with Crippen LogP contribution in [0.5, 0.6) is 0 Å². The van der Waals surface area contributed by atoms with E-state index in [1.54, 1.807) is 18.3 Å². The Morgan fingerprint density at radius 3 is 2.72 bits per heavy atom. The molecule has 1 aromatic carbocycles. The van der Waals surface area contributed by atoms with Gasteiger partial charge in [0.25, 0.3) is 0 Å². The third-order valence-electron chi connectivity index (χ3n) is 2.80. The summed E-state index contributed by atoms with van der Waals surface area (Å²) in [6.45, 7) is 2.42. The molecule has 4 heteroatoms. The van der Waals surface area contributed by atoms with Crippen molar-refractivity contribution in [1.29, 1.82) is 0 Å². The van der Waals surface area contributed by atoms with E-state index in [4.69, 9.17) is 5.73 Å². The number of benzene rings is 1. The minimum atomic E-state index is -0.197. The Bertz CT molecular complexity index is 554. The maximum atomic E-state index is 13.6. The smallest absolute Gasteiger partial charge is 0.131 e. The van der Waals surface area contributed by atoms with Gasteiger partial charge in [-0.25, -0.2) is 9.37 Å². The number of hydrogen-bond donors (Lipinski definition) is 1. The second kappa shape index (κ2) is 5.04. The highest BCUT2D eigenvalue weighted by atomic mass is 19.1. The van der Waals surface area contributed by atoms with Crippen LogP contribution in [-0.2, 0) is 6.54 Å². The molecule has 0 saturated heterocycles. The first-order valence-corrected chi connectivity index (χ1v) is 5.74. The third kappa shape index (κ3) is 2.59. The second-order valence-corrected chi connectivity index (χ2v) is 4.36. The number of nitrogens with two attached hydrogens (primary N) is 1. The molecule has 3 nitrogen and oxygen atoms in total. The second-order valence-electron chi connectivity index (χ2n) is 4.36. The van der Waals surface area contributed by atoms with Crippen LogP contribution in [0, 0.1) is 12.7 Å². The van der Waals surface area contributed by atoms with Crippen LogP contribution in [0.3, 0.4) is 0 Å². The fraction of sp³-hybridized carbons (Fsp3) is 0.214. The number of nitrogens with zero attached hydrogens (tertiary/aromatic N) is 2. The number of aryl methyl sites for hydroxylation is 1. The lowest BCUT2D eigenvalue weighted by molar-refractivity contribution is 0.607. The van der Waals surface area contributed by atoms with Gasteiger partial charge >= 0.3 is 0 Å². The number of pyridine rings is 1. The average Bonchev–Trinajstić information content (AvgIpc) is 2.32. The zero-order chi connectivity index (χ0) is 13.1. The molecule has 0 bridgehead atoms. The molecular formula is C14H16FN3. The van der Waals surface area contributed by atoms with Crippen LogP contribution in [0.25, 0.3) is 0 Å². The first-order valence-electron chi connectivity index (χ1n) is 5.74. The maximum Gasteiger partial charge on any atom is 0.131 e. The van der Waals surface area contributed by atoms with E-state index in [-0.39, 0.29) is 5.82 Å². The molecule has 0 fully saturated rings. The molecule has 0 atom stereocenters. The first-order chi connectivity index (χ1) is 8.58. The van der Waals surface area contributed by atoms with Gasteiger partial charge in [0, 0.05) is 19.2 Å². The summed E-state index contributed by atoms with van der Waals surface area (Å²) in [5.41, 5.74) is 7.93. The molecule has 0 aliphatic carbocycles. The molecule has 2 aromatic rings. The Morgan fingerprint density at radius 2 is 2.06 bits per heavy atom. The molecular weight excluding hydrogens is 229 g/mol. The molecule has 0 unspecified atom stereocenters. The van der Waals surface area contributed by atoms with E-state index in [0.29, 0.717) is 17.8 Å². The summed E-state index contributed by atoms with van der Waals surface area (Å²) in [5, 5.41) is 0.